The lowest BCUT2D eigenvalue weighted by molar-refractivity contribution is -0.116. The number of nitrogens with zero attached hydrogens (tertiary/aromatic N) is 2. The Balaban J connectivity index is 1.72. The number of anilines is 1. The van der Waals surface area contributed by atoms with Crippen LogP contribution >= 0.6 is 38.6 Å². The number of carbonyl (C=O) groups excluding carboxylic acids is 1. The van der Waals surface area contributed by atoms with E-state index in [1.54, 1.807) is 12.3 Å². The molecule has 0 fully saturated rings. The van der Waals surface area contributed by atoms with E-state index in [9.17, 15) is 9.59 Å². The summed E-state index contributed by atoms with van der Waals surface area (Å²) >= 11 is 5.88. The van der Waals surface area contributed by atoms with Crippen LogP contribution in [0, 0.1) is 6.92 Å². The monoisotopic (exact) mass is 409 g/mol. The Kier molecular flexibility index (Phi) is 4.74. The van der Waals surface area contributed by atoms with Crippen LogP contribution < -0.4 is 10.2 Å². The van der Waals surface area contributed by atoms with Crippen LogP contribution in [0.2, 0.25) is 0 Å². The van der Waals surface area contributed by atoms with E-state index in [-0.39, 0.29) is 17.3 Å². The molecular weight excluding hydrogens is 398 g/mol. The van der Waals surface area contributed by atoms with Gasteiger partial charge in [0.05, 0.1) is 5.69 Å². The van der Waals surface area contributed by atoms with Crippen molar-refractivity contribution in [3.63, 3.8) is 0 Å². The molecule has 5 nitrogen and oxygen atoms in total. The molecule has 0 aliphatic heterocycles. The summed E-state index contributed by atoms with van der Waals surface area (Å²) in [6.07, 6.45) is 0. The molecule has 1 N–H and O–H groups in total. The van der Waals surface area contributed by atoms with E-state index in [2.05, 4.69) is 26.2 Å². The molecule has 3 aromatic rings. The first-order valence-corrected chi connectivity index (χ1v) is 9.24. The Morgan fingerprint density at radius 1 is 1.35 bits per heavy atom. The van der Waals surface area contributed by atoms with Crippen molar-refractivity contribution in [1.82, 2.24) is 9.55 Å². The Morgan fingerprint density at radius 3 is 2.87 bits per heavy atom. The topological polar surface area (TPSA) is 64.0 Å². The number of rotatable bonds is 4. The van der Waals surface area contributed by atoms with E-state index in [0.717, 1.165) is 32.8 Å². The quantitative estimate of drug-likeness (QED) is 0.713. The molecule has 0 atom stereocenters. The van der Waals surface area contributed by atoms with Crippen LogP contribution in [0.15, 0.2) is 44.3 Å². The second-order valence-corrected chi connectivity index (χ2v) is 7.42. The zero-order chi connectivity index (χ0) is 16.4. The molecule has 0 saturated heterocycles. The number of hydrogen-bond acceptors (Lipinski definition) is 5. The average Bonchev–Trinajstić information content (AvgIpc) is 3.09. The van der Waals surface area contributed by atoms with Crippen LogP contribution in [-0.4, -0.2) is 15.5 Å². The minimum absolute atomic E-state index is 0.0000346. The van der Waals surface area contributed by atoms with Gasteiger partial charge in [-0.1, -0.05) is 39.4 Å². The fraction of sp³-hybridized carbons (Fsp3) is 0.133. The van der Waals surface area contributed by atoms with Gasteiger partial charge in [0.15, 0.2) is 5.13 Å². The van der Waals surface area contributed by atoms with Crippen molar-refractivity contribution in [2.24, 2.45) is 0 Å². The first-order chi connectivity index (χ1) is 11.0. The Morgan fingerprint density at radius 2 is 2.17 bits per heavy atom. The van der Waals surface area contributed by atoms with Gasteiger partial charge in [-0.25, -0.2) is 4.98 Å². The van der Waals surface area contributed by atoms with Gasteiger partial charge in [0.2, 0.25) is 5.91 Å². The summed E-state index contributed by atoms with van der Waals surface area (Å²) in [5.74, 6) is -0.260. The highest BCUT2D eigenvalue weighted by atomic mass is 79.9. The minimum Gasteiger partial charge on any atom is -0.300 e. The van der Waals surface area contributed by atoms with E-state index < -0.39 is 0 Å². The van der Waals surface area contributed by atoms with Crippen molar-refractivity contribution in [3.8, 4) is 11.3 Å². The molecule has 0 saturated carbocycles. The van der Waals surface area contributed by atoms with Crippen molar-refractivity contribution in [1.29, 1.82) is 0 Å². The zero-order valence-electron chi connectivity index (χ0n) is 12.1. The van der Waals surface area contributed by atoms with E-state index in [1.807, 2.05) is 29.6 Å². The van der Waals surface area contributed by atoms with E-state index >= 15 is 0 Å². The first-order valence-electron chi connectivity index (χ1n) is 6.69. The number of amides is 1. The average molecular weight is 410 g/mol. The van der Waals surface area contributed by atoms with Gasteiger partial charge < -0.3 is 5.32 Å². The fourth-order valence-electron chi connectivity index (χ4n) is 2.01. The summed E-state index contributed by atoms with van der Waals surface area (Å²) in [6, 6.07) is 7.80. The summed E-state index contributed by atoms with van der Waals surface area (Å²) in [7, 11) is 0. The molecule has 3 rings (SSSR count). The first kappa shape index (κ1) is 16.1. The highest BCUT2D eigenvalue weighted by Crippen LogP contribution is 2.26. The number of aromatic nitrogens is 2. The molecule has 0 aliphatic rings. The van der Waals surface area contributed by atoms with Crippen molar-refractivity contribution < 1.29 is 4.79 Å². The van der Waals surface area contributed by atoms with Gasteiger partial charge in [-0.05, 0) is 19.1 Å². The molecule has 1 amide bonds. The number of aryl methyl sites for hydroxylation is 1. The summed E-state index contributed by atoms with van der Waals surface area (Å²) in [5.41, 5.74) is 2.56. The van der Waals surface area contributed by atoms with Gasteiger partial charge in [-0.2, -0.15) is 0 Å². The van der Waals surface area contributed by atoms with Crippen molar-refractivity contribution in [2.45, 2.75) is 13.5 Å². The molecule has 23 heavy (non-hydrogen) atoms. The Labute approximate surface area is 148 Å². The minimum atomic E-state index is -0.260. The second-order valence-electron chi connectivity index (χ2n) is 4.83. The summed E-state index contributed by atoms with van der Waals surface area (Å²) in [5, 5.41) is 6.89. The maximum absolute atomic E-state index is 12.1. The molecule has 0 unspecified atom stereocenters. The van der Waals surface area contributed by atoms with Gasteiger partial charge in [0, 0.05) is 26.5 Å². The normalized spacial score (nSPS) is 10.7. The van der Waals surface area contributed by atoms with Gasteiger partial charge in [0.25, 0.3) is 0 Å². The number of carbonyl (C=O) groups is 1. The Hall–Kier alpha value is -1.77. The summed E-state index contributed by atoms with van der Waals surface area (Å²) in [4.78, 5) is 28.0. The van der Waals surface area contributed by atoms with E-state index in [1.165, 1.54) is 15.9 Å². The van der Waals surface area contributed by atoms with Crippen LogP contribution in [0.1, 0.15) is 5.69 Å². The van der Waals surface area contributed by atoms with Crippen LogP contribution in [0.3, 0.4) is 0 Å². The summed E-state index contributed by atoms with van der Waals surface area (Å²) < 4.78 is 2.42. The van der Waals surface area contributed by atoms with Crippen LogP contribution in [0.25, 0.3) is 11.3 Å². The standard InChI is InChI=1S/C15H12BrN3O2S2/c1-9-7-23-15(21)19(9)6-13(20)18-14-17-12(8-22-14)10-3-2-4-11(16)5-10/h2-5,7-8H,6H2,1H3,(H,17,18,20). The molecule has 2 aromatic heterocycles. The molecule has 118 valence electrons. The maximum atomic E-state index is 12.1. The lowest BCUT2D eigenvalue weighted by Gasteiger charge is -2.04. The summed E-state index contributed by atoms with van der Waals surface area (Å²) in [6.45, 7) is 1.81. The predicted octanol–water partition coefficient (Wildman–Crippen LogP) is 3.74. The van der Waals surface area contributed by atoms with Crippen LogP contribution in [0.5, 0.6) is 0 Å². The van der Waals surface area contributed by atoms with Gasteiger partial charge in [0.1, 0.15) is 6.54 Å². The van der Waals surface area contributed by atoms with Crippen molar-refractivity contribution in [2.75, 3.05) is 5.32 Å². The maximum Gasteiger partial charge on any atom is 0.307 e. The smallest absolute Gasteiger partial charge is 0.300 e. The van der Waals surface area contributed by atoms with Crippen LogP contribution in [0.4, 0.5) is 5.13 Å². The van der Waals surface area contributed by atoms with Crippen LogP contribution in [-0.2, 0) is 11.3 Å². The molecule has 2 heterocycles. The molecule has 0 radical (unpaired) electrons. The lowest BCUT2D eigenvalue weighted by Crippen LogP contribution is -2.25. The number of thiazole rings is 2. The van der Waals surface area contributed by atoms with Crippen molar-refractivity contribution in [3.05, 3.63) is 54.9 Å². The van der Waals surface area contributed by atoms with E-state index in [4.69, 9.17) is 0 Å². The fourth-order valence-corrected chi connectivity index (χ4v) is 3.88. The molecule has 0 aliphatic carbocycles. The number of hydrogen-bond donors (Lipinski definition) is 1. The largest absolute Gasteiger partial charge is 0.307 e. The number of benzene rings is 1. The number of halogens is 1. The van der Waals surface area contributed by atoms with Gasteiger partial charge >= 0.3 is 4.87 Å². The Bertz CT molecular complexity index is 913. The SMILES string of the molecule is Cc1csc(=O)n1CC(=O)Nc1nc(-c2cccc(Br)c2)cs1. The van der Waals surface area contributed by atoms with Gasteiger partial charge in [-0.15, -0.1) is 11.3 Å². The molecule has 1 aromatic carbocycles. The predicted molar refractivity (Wildman–Crippen MR) is 97.2 cm³/mol. The third kappa shape index (κ3) is 3.77. The van der Waals surface area contributed by atoms with Crippen molar-refractivity contribution >= 4 is 49.6 Å². The third-order valence-corrected chi connectivity index (χ3v) is 5.28. The third-order valence-electron chi connectivity index (χ3n) is 3.15. The molecule has 8 heteroatoms. The highest BCUT2D eigenvalue weighted by molar-refractivity contribution is 9.10. The van der Waals surface area contributed by atoms with Gasteiger partial charge in [-0.3, -0.25) is 14.2 Å². The highest BCUT2D eigenvalue weighted by Gasteiger charge is 2.11. The zero-order valence-corrected chi connectivity index (χ0v) is 15.3. The van der Waals surface area contributed by atoms with E-state index in [0.29, 0.717) is 5.13 Å². The molecule has 0 bridgehead atoms. The number of nitrogens with one attached hydrogen (secondary N) is 1. The lowest BCUT2D eigenvalue weighted by atomic mass is 10.2. The second kappa shape index (κ2) is 6.77. The molecule has 0 spiro atoms. The molecular formula is C15H12BrN3O2S2.